The molecule has 0 aliphatic heterocycles. The molecule has 6 nitrogen and oxygen atoms in total. The number of benzene rings is 1. The lowest BCUT2D eigenvalue weighted by Gasteiger charge is -2.11. The maximum absolute atomic E-state index is 11.9. The SMILES string of the molecule is CCOc1cccc2cc(C(C)NC(=O)CNCCOC)oc12.Cl. The van der Waals surface area contributed by atoms with Crippen molar-refractivity contribution in [2.75, 3.05) is 33.4 Å². The number of carbonyl (C=O) groups is 1. The van der Waals surface area contributed by atoms with E-state index in [1.807, 2.05) is 38.1 Å². The Kier molecular flexibility index (Phi) is 8.60. The lowest BCUT2D eigenvalue weighted by atomic mass is 10.2. The van der Waals surface area contributed by atoms with Crippen LogP contribution in [0, 0.1) is 0 Å². The smallest absolute Gasteiger partial charge is 0.234 e. The first kappa shape index (κ1) is 20.3. The van der Waals surface area contributed by atoms with E-state index in [1.54, 1.807) is 7.11 Å². The standard InChI is InChI=1S/C17H24N2O4.ClH/c1-4-22-14-7-5-6-13-10-15(23-17(13)14)12(2)19-16(20)11-18-8-9-21-3;/h5-7,10,12,18H,4,8-9,11H2,1-3H3,(H,19,20);1H. The predicted molar refractivity (Wildman–Crippen MR) is 95.9 cm³/mol. The van der Waals surface area contributed by atoms with Gasteiger partial charge in [-0.05, 0) is 26.0 Å². The van der Waals surface area contributed by atoms with Gasteiger partial charge in [0.05, 0.1) is 25.8 Å². The van der Waals surface area contributed by atoms with E-state index in [0.29, 0.717) is 31.1 Å². The summed E-state index contributed by atoms with van der Waals surface area (Å²) < 4.78 is 16.4. The van der Waals surface area contributed by atoms with Crippen LogP contribution in [0.1, 0.15) is 25.6 Å². The molecule has 0 saturated carbocycles. The summed E-state index contributed by atoms with van der Waals surface area (Å²) in [6.07, 6.45) is 0. The van der Waals surface area contributed by atoms with E-state index in [1.165, 1.54) is 0 Å². The molecule has 2 rings (SSSR count). The molecule has 134 valence electrons. The summed E-state index contributed by atoms with van der Waals surface area (Å²) in [5.41, 5.74) is 0.712. The van der Waals surface area contributed by atoms with Gasteiger partial charge in [-0.15, -0.1) is 12.4 Å². The van der Waals surface area contributed by atoms with Gasteiger partial charge in [0.25, 0.3) is 0 Å². The number of nitrogens with one attached hydrogen (secondary N) is 2. The number of para-hydroxylation sites is 1. The number of hydrogen-bond acceptors (Lipinski definition) is 5. The lowest BCUT2D eigenvalue weighted by molar-refractivity contribution is -0.121. The average Bonchev–Trinajstić information content (AvgIpc) is 2.97. The summed E-state index contributed by atoms with van der Waals surface area (Å²) in [5.74, 6) is 1.34. The molecule has 1 aromatic carbocycles. The highest BCUT2D eigenvalue weighted by molar-refractivity contribution is 5.85. The first-order valence-electron chi connectivity index (χ1n) is 7.80. The Bertz CT molecular complexity index is 645. The van der Waals surface area contributed by atoms with Gasteiger partial charge < -0.3 is 24.5 Å². The highest BCUT2D eigenvalue weighted by Crippen LogP contribution is 2.31. The molecule has 24 heavy (non-hydrogen) atoms. The van der Waals surface area contributed by atoms with Gasteiger partial charge in [-0.25, -0.2) is 0 Å². The monoisotopic (exact) mass is 356 g/mol. The maximum Gasteiger partial charge on any atom is 0.234 e. The lowest BCUT2D eigenvalue weighted by Crippen LogP contribution is -2.36. The molecule has 0 radical (unpaired) electrons. The van der Waals surface area contributed by atoms with Crippen molar-refractivity contribution >= 4 is 29.3 Å². The molecule has 1 unspecified atom stereocenters. The molecule has 2 N–H and O–H groups in total. The molecule has 0 saturated heterocycles. The van der Waals surface area contributed by atoms with Gasteiger partial charge in [-0.3, -0.25) is 4.79 Å². The molecule has 2 aromatic rings. The van der Waals surface area contributed by atoms with E-state index in [0.717, 1.165) is 11.1 Å². The molecular weight excluding hydrogens is 332 g/mol. The molecule has 0 fully saturated rings. The average molecular weight is 357 g/mol. The van der Waals surface area contributed by atoms with E-state index in [-0.39, 0.29) is 30.9 Å². The number of methoxy groups -OCH3 is 1. The van der Waals surface area contributed by atoms with Crippen LogP contribution in [-0.4, -0.2) is 39.3 Å². The zero-order valence-corrected chi connectivity index (χ0v) is 15.1. The summed E-state index contributed by atoms with van der Waals surface area (Å²) in [7, 11) is 1.63. The minimum atomic E-state index is -0.214. The van der Waals surface area contributed by atoms with Crippen LogP contribution >= 0.6 is 12.4 Å². The summed E-state index contributed by atoms with van der Waals surface area (Å²) in [6, 6.07) is 7.48. The van der Waals surface area contributed by atoms with Gasteiger partial charge in [0.2, 0.25) is 5.91 Å². The summed E-state index contributed by atoms with van der Waals surface area (Å²) >= 11 is 0. The summed E-state index contributed by atoms with van der Waals surface area (Å²) in [5, 5.41) is 6.88. The van der Waals surface area contributed by atoms with Gasteiger partial charge in [0.1, 0.15) is 5.76 Å². The third kappa shape index (κ3) is 5.40. The molecule has 0 aliphatic carbocycles. The second kappa shape index (κ2) is 10.2. The van der Waals surface area contributed by atoms with E-state index in [4.69, 9.17) is 13.9 Å². The molecule has 1 heterocycles. The Hall–Kier alpha value is -1.76. The van der Waals surface area contributed by atoms with Crippen LogP contribution in [0.2, 0.25) is 0 Å². The minimum absolute atomic E-state index is 0. The number of carbonyl (C=O) groups excluding carboxylic acids is 1. The Morgan fingerprint density at radius 2 is 2.17 bits per heavy atom. The van der Waals surface area contributed by atoms with Crippen molar-refractivity contribution in [3.63, 3.8) is 0 Å². The molecule has 1 atom stereocenters. The van der Waals surface area contributed by atoms with Crippen molar-refractivity contribution < 1.29 is 18.7 Å². The summed E-state index contributed by atoms with van der Waals surface area (Å²) in [6.45, 7) is 5.87. The second-order valence-corrected chi connectivity index (χ2v) is 5.22. The molecule has 1 aromatic heterocycles. The quantitative estimate of drug-likeness (QED) is 0.676. The highest BCUT2D eigenvalue weighted by atomic mass is 35.5. The third-order valence-corrected chi connectivity index (χ3v) is 3.40. The van der Waals surface area contributed by atoms with E-state index >= 15 is 0 Å². The van der Waals surface area contributed by atoms with Crippen LogP contribution < -0.4 is 15.4 Å². The van der Waals surface area contributed by atoms with E-state index in [9.17, 15) is 4.79 Å². The van der Waals surface area contributed by atoms with Crippen LogP contribution in [-0.2, 0) is 9.53 Å². The Morgan fingerprint density at radius 3 is 2.88 bits per heavy atom. The van der Waals surface area contributed by atoms with Crippen molar-refractivity contribution in [1.29, 1.82) is 0 Å². The zero-order chi connectivity index (χ0) is 16.7. The van der Waals surface area contributed by atoms with Gasteiger partial charge in [-0.2, -0.15) is 0 Å². The van der Waals surface area contributed by atoms with Gasteiger partial charge >= 0.3 is 0 Å². The third-order valence-electron chi connectivity index (χ3n) is 3.40. The van der Waals surface area contributed by atoms with E-state index in [2.05, 4.69) is 10.6 Å². The molecule has 0 spiro atoms. The van der Waals surface area contributed by atoms with Crippen LogP contribution in [0.5, 0.6) is 5.75 Å². The fourth-order valence-corrected chi connectivity index (χ4v) is 2.28. The minimum Gasteiger partial charge on any atom is -0.490 e. The molecule has 0 aliphatic rings. The van der Waals surface area contributed by atoms with Gasteiger partial charge in [-0.1, -0.05) is 12.1 Å². The van der Waals surface area contributed by atoms with Crippen molar-refractivity contribution in [3.05, 3.63) is 30.0 Å². The molecular formula is C17H25ClN2O4. The maximum atomic E-state index is 11.9. The normalized spacial score (nSPS) is 11.8. The fourth-order valence-electron chi connectivity index (χ4n) is 2.28. The number of halogens is 1. The number of furan rings is 1. The van der Waals surface area contributed by atoms with Crippen molar-refractivity contribution in [3.8, 4) is 5.75 Å². The Balaban J connectivity index is 0.00000288. The number of amides is 1. The zero-order valence-electron chi connectivity index (χ0n) is 14.3. The Morgan fingerprint density at radius 1 is 1.38 bits per heavy atom. The van der Waals surface area contributed by atoms with Crippen LogP contribution in [0.4, 0.5) is 0 Å². The topological polar surface area (TPSA) is 72.7 Å². The number of rotatable bonds is 9. The molecule has 1 amide bonds. The predicted octanol–water partition coefficient (Wildman–Crippen LogP) is 2.67. The van der Waals surface area contributed by atoms with Crippen molar-refractivity contribution in [1.82, 2.24) is 10.6 Å². The number of ether oxygens (including phenoxy) is 2. The fraction of sp³-hybridized carbons (Fsp3) is 0.471. The number of fused-ring (bicyclic) bond motifs is 1. The second-order valence-electron chi connectivity index (χ2n) is 5.22. The van der Waals surface area contributed by atoms with E-state index < -0.39 is 0 Å². The first-order chi connectivity index (χ1) is 11.2. The Labute approximate surface area is 148 Å². The number of hydrogen-bond donors (Lipinski definition) is 2. The first-order valence-corrected chi connectivity index (χ1v) is 7.80. The molecule has 7 heteroatoms. The largest absolute Gasteiger partial charge is 0.490 e. The van der Waals surface area contributed by atoms with Crippen LogP contribution in [0.15, 0.2) is 28.7 Å². The summed E-state index contributed by atoms with van der Waals surface area (Å²) in [4.78, 5) is 11.9. The van der Waals surface area contributed by atoms with Crippen LogP contribution in [0.3, 0.4) is 0 Å². The molecule has 0 bridgehead atoms. The van der Waals surface area contributed by atoms with Gasteiger partial charge in [0, 0.05) is 19.0 Å². The van der Waals surface area contributed by atoms with Gasteiger partial charge in [0.15, 0.2) is 11.3 Å². The van der Waals surface area contributed by atoms with Crippen LogP contribution in [0.25, 0.3) is 11.0 Å². The van der Waals surface area contributed by atoms with Crippen molar-refractivity contribution in [2.45, 2.75) is 19.9 Å². The van der Waals surface area contributed by atoms with Crippen molar-refractivity contribution in [2.24, 2.45) is 0 Å². The highest BCUT2D eigenvalue weighted by Gasteiger charge is 2.16.